The van der Waals surface area contributed by atoms with Crippen molar-refractivity contribution >= 4 is 17.5 Å². The summed E-state index contributed by atoms with van der Waals surface area (Å²) in [5.74, 6) is -2.04. The number of allylic oxidation sites excluding steroid dienone is 3. The summed E-state index contributed by atoms with van der Waals surface area (Å²) < 4.78 is 0. The van der Waals surface area contributed by atoms with Crippen molar-refractivity contribution in [3.63, 3.8) is 0 Å². The zero-order valence-corrected chi connectivity index (χ0v) is 8.55. The lowest BCUT2D eigenvalue weighted by atomic mass is 10.1. The van der Waals surface area contributed by atoms with E-state index >= 15 is 0 Å². The molecule has 1 aliphatic carbocycles. The Bertz CT molecular complexity index is 422. The molecule has 1 saturated heterocycles. The van der Waals surface area contributed by atoms with Gasteiger partial charge < -0.3 is 10.0 Å². The standard InChI is InChI=1S/C11H11NO4/c13-9-4-3-7(6-10(9)14)12-5-1-2-8(12)11(15)16/h3-4,6,8H,1-2,5H2,(H,15,16). The van der Waals surface area contributed by atoms with Crippen molar-refractivity contribution in [1.82, 2.24) is 4.90 Å². The van der Waals surface area contributed by atoms with Gasteiger partial charge in [-0.2, -0.15) is 0 Å². The number of nitrogens with zero attached hydrogens (tertiary/aromatic N) is 1. The molecule has 2 rings (SSSR count). The molecular weight excluding hydrogens is 210 g/mol. The van der Waals surface area contributed by atoms with Crippen molar-refractivity contribution < 1.29 is 19.5 Å². The molecule has 0 aromatic carbocycles. The zero-order chi connectivity index (χ0) is 11.7. The van der Waals surface area contributed by atoms with Gasteiger partial charge in [0.2, 0.25) is 11.6 Å². The summed E-state index contributed by atoms with van der Waals surface area (Å²) in [5, 5.41) is 8.99. The highest BCUT2D eigenvalue weighted by Gasteiger charge is 2.32. The van der Waals surface area contributed by atoms with Gasteiger partial charge in [-0.05, 0) is 25.0 Å². The summed E-state index contributed by atoms with van der Waals surface area (Å²) in [5.41, 5.74) is 0.523. The van der Waals surface area contributed by atoms with Crippen LogP contribution in [0.15, 0.2) is 23.9 Å². The maximum Gasteiger partial charge on any atom is 0.326 e. The minimum absolute atomic E-state index is 0.523. The maximum atomic E-state index is 11.2. The van der Waals surface area contributed by atoms with Crippen LogP contribution in [0.1, 0.15) is 12.8 Å². The Kier molecular flexibility index (Phi) is 2.60. The molecule has 2 aliphatic rings. The maximum absolute atomic E-state index is 11.2. The lowest BCUT2D eigenvalue weighted by molar-refractivity contribution is -0.141. The molecule has 0 aromatic heterocycles. The molecule has 1 heterocycles. The van der Waals surface area contributed by atoms with Gasteiger partial charge in [0.15, 0.2) is 0 Å². The smallest absolute Gasteiger partial charge is 0.326 e. The van der Waals surface area contributed by atoms with Crippen LogP contribution < -0.4 is 0 Å². The molecule has 0 bridgehead atoms. The van der Waals surface area contributed by atoms with E-state index in [0.29, 0.717) is 18.7 Å². The van der Waals surface area contributed by atoms with Crippen LogP contribution >= 0.6 is 0 Å². The summed E-state index contributed by atoms with van der Waals surface area (Å²) in [6.45, 7) is 0.606. The summed E-state index contributed by atoms with van der Waals surface area (Å²) in [6, 6.07) is -0.586. The second-order valence-corrected chi connectivity index (χ2v) is 3.82. The van der Waals surface area contributed by atoms with E-state index in [1.165, 1.54) is 18.2 Å². The molecule has 1 aliphatic heterocycles. The first-order valence-corrected chi connectivity index (χ1v) is 5.07. The van der Waals surface area contributed by atoms with Gasteiger partial charge in [0.1, 0.15) is 6.04 Å². The Balaban J connectivity index is 2.23. The minimum atomic E-state index is -0.892. The fraction of sp³-hybridized carbons (Fsp3) is 0.364. The van der Waals surface area contributed by atoms with Gasteiger partial charge in [-0.15, -0.1) is 0 Å². The van der Waals surface area contributed by atoms with Gasteiger partial charge in [0, 0.05) is 18.3 Å². The lowest BCUT2D eigenvalue weighted by Crippen LogP contribution is -2.36. The fourth-order valence-electron chi connectivity index (χ4n) is 2.01. The van der Waals surface area contributed by atoms with E-state index in [0.717, 1.165) is 6.42 Å². The Morgan fingerprint density at radius 1 is 1.31 bits per heavy atom. The molecule has 0 radical (unpaired) electrons. The minimum Gasteiger partial charge on any atom is -0.480 e. The number of hydrogen-bond acceptors (Lipinski definition) is 4. The molecule has 5 heteroatoms. The van der Waals surface area contributed by atoms with Crippen molar-refractivity contribution in [2.24, 2.45) is 0 Å². The van der Waals surface area contributed by atoms with Crippen molar-refractivity contribution in [2.45, 2.75) is 18.9 Å². The molecule has 0 spiro atoms. The average Bonchev–Trinajstić information content (AvgIpc) is 2.71. The third kappa shape index (κ3) is 1.76. The van der Waals surface area contributed by atoms with Crippen molar-refractivity contribution in [2.75, 3.05) is 6.54 Å². The van der Waals surface area contributed by atoms with Gasteiger partial charge in [-0.25, -0.2) is 4.79 Å². The summed E-state index contributed by atoms with van der Waals surface area (Å²) in [4.78, 5) is 34.8. The number of hydrogen-bond donors (Lipinski definition) is 1. The van der Waals surface area contributed by atoms with Crippen LogP contribution in [0.5, 0.6) is 0 Å². The third-order valence-corrected chi connectivity index (χ3v) is 2.80. The molecule has 0 saturated carbocycles. The first-order valence-electron chi connectivity index (χ1n) is 5.07. The van der Waals surface area contributed by atoms with E-state index < -0.39 is 23.6 Å². The molecule has 1 N–H and O–H groups in total. The molecule has 1 fully saturated rings. The van der Waals surface area contributed by atoms with Crippen LogP contribution in [0, 0.1) is 0 Å². The third-order valence-electron chi connectivity index (χ3n) is 2.80. The quantitative estimate of drug-likeness (QED) is 0.529. The SMILES string of the molecule is O=C1C=CC(N2CCCC2C(=O)O)=CC1=O. The fourth-order valence-corrected chi connectivity index (χ4v) is 2.01. The summed E-state index contributed by atoms with van der Waals surface area (Å²) in [6.07, 6.45) is 5.26. The van der Waals surface area contributed by atoms with Crippen LogP contribution in [-0.4, -0.2) is 40.1 Å². The number of carboxylic acid groups (broad SMARTS) is 1. The number of carbonyl (C=O) groups excluding carboxylic acids is 2. The topological polar surface area (TPSA) is 74.7 Å². The second-order valence-electron chi connectivity index (χ2n) is 3.82. The number of ketones is 2. The highest BCUT2D eigenvalue weighted by atomic mass is 16.4. The number of carboxylic acids is 1. The first-order chi connectivity index (χ1) is 7.59. The summed E-state index contributed by atoms with van der Waals surface area (Å²) >= 11 is 0. The Morgan fingerprint density at radius 3 is 2.69 bits per heavy atom. The largest absolute Gasteiger partial charge is 0.480 e. The Labute approximate surface area is 92.0 Å². The molecule has 1 unspecified atom stereocenters. The monoisotopic (exact) mass is 221 g/mol. The van der Waals surface area contributed by atoms with E-state index in [1.807, 2.05) is 0 Å². The Hall–Kier alpha value is -1.91. The average molecular weight is 221 g/mol. The molecule has 0 amide bonds. The van der Waals surface area contributed by atoms with Gasteiger partial charge >= 0.3 is 5.97 Å². The number of likely N-dealkylation sites (tertiary alicyclic amines) is 1. The van der Waals surface area contributed by atoms with Crippen molar-refractivity contribution in [1.29, 1.82) is 0 Å². The lowest BCUT2D eigenvalue weighted by Gasteiger charge is -2.25. The number of aliphatic carboxylic acids is 1. The number of rotatable bonds is 2. The molecule has 16 heavy (non-hydrogen) atoms. The predicted molar refractivity (Wildman–Crippen MR) is 54.6 cm³/mol. The molecule has 84 valence electrons. The van der Waals surface area contributed by atoms with Crippen LogP contribution in [0.3, 0.4) is 0 Å². The van der Waals surface area contributed by atoms with E-state index in [4.69, 9.17) is 5.11 Å². The van der Waals surface area contributed by atoms with Gasteiger partial charge in [-0.3, -0.25) is 9.59 Å². The first kappa shape index (κ1) is 10.6. The molecule has 0 aromatic rings. The van der Waals surface area contributed by atoms with Crippen molar-refractivity contribution in [3.05, 3.63) is 23.9 Å². The summed E-state index contributed by atoms with van der Waals surface area (Å²) in [7, 11) is 0. The predicted octanol–water partition coefficient (Wildman–Crippen LogP) is 0.127. The highest BCUT2D eigenvalue weighted by Crippen LogP contribution is 2.24. The van der Waals surface area contributed by atoms with Crippen molar-refractivity contribution in [3.8, 4) is 0 Å². The molecular formula is C11H11NO4. The van der Waals surface area contributed by atoms with E-state index in [9.17, 15) is 14.4 Å². The van der Waals surface area contributed by atoms with Gasteiger partial charge in [0.25, 0.3) is 0 Å². The van der Waals surface area contributed by atoms with E-state index in [1.54, 1.807) is 4.90 Å². The Morgan fingerprint density at radius 2 is 2.06 bits per heavy atom. The van der Waals surface area contributed by atoms with Gasteiger partial charge in [0.05, 0.1) is 0 Å². The second kappa shape index (κ2) is 3.92. The highest BCUT2D eigenvalue weighted by molar-refractivity contribution is 6.46. The van der Waals surface area contributed by atoms with E-state index in [2.05, 4.69) is 0 Å². The number of carbonyl (C=O) groups is 3. The van der Waals surface area contributed by atoms with Crippen LogP contribution in [-0.2, 0) is 14.4 Å². The molecule has 5 nitrogen and oxygen atoms in total. The van der Waals surface area contributed by atoms with Gasteiger partial charge in [-0.1, -0.05) is 0 Å². The van der Waals surface area contributed by atoms with Crippen LogP contribution in [0.4, 0.5) is 0 Å². The van der Waals surface area contributed by atoms with Crippen LogP contribution in [0.2, 0.25) is 0 Å². The zero-order valence-electron chi connectivity index (χ0n) is 8.55. The van der Waals surface area contributed by atoms with E-state index in [-0.39, 0.29) is 0 Å². The molecule has 1 atom stereocenters. The normalized spacial score (nSPS) is 24.9. The van der Waals surface area contributed by atoms with Crippen LogP contribution in [0.25, 0.3) is 0 Å².